The SMILES string of the molecule is NCC(NCCCC1CC1)c1ccccc1F. The molecule has 1 aliphatic carbocycles. The van der Waals surface area contributed by atoms with E-state index in [0.717, 1.165) is 18.9 Å². The molecule has 1 atom stereocenters. The minimum atomic E-state index is -0.169. The van der Waals surface area contributed by atoms with E-state index in [2.05, 4.69) is 5.32 Å². The highest BCUT2D eigenvalue weighted by Gasteiger charge is 2.20. The molecule has 0 saturated heterocycles. The second-order valence-corrected chi connectivity index (χ2v) is 4.85. The van der Waals surface area contributed by atoms with Crippen LogP contribution in [-0.4, -0.2) is 13.1 Å². The predicted molar refractivity (Wildman–Crippen MR) is 68.2 cm³/mol. The van der Waals surface area contributed by atoms with E-state index >= 15 is 0 Å². The summed E-state index contributed by atoms with van der Waals surface area (Å²) < 4.78 is 13.6. The van der Waals surface area contributed by atoms with Gasteiger partial charge in [-0.3, -0.25) is 0 Å². The largest absolute Gasteiger partial charge is 0.329 e. The van der Waals surface area contributed by atoms with E-state index in [1.807, 2.05) is 6.07 Å². The van der Waals surface area contributed by atoms with Gasteiger partial charge in [-0.05, 0) is 31.4 Å². The molecule has 1 aromatic carbocycles. The van der Waals surface area contributed by atoms with Crippen molar-refractivity contribution in [2.45, 2.75) is 31.7 Å². The summed E-state index contributed by atoms with van der Waals surface area (Å²) in [4.78, 5) is 0. The summed E-state index contributed by atoms with van der Waals surface area (Å²) in [6.45, 7) is 1.36. The predicted octanol–water partition coefficient (Wildman–Crippen LogP) is 2.61. The van der Waals surface area contributed by atoms with Crippen molar-refractivity contribution in [1.82, 2.24) is 5.32 Å². The Bertz CT molecular complexity index is 350. The van der Waals surface area contributed by atoms with Gasteiger partial charge in [0.25, 0.3) is 0 Å². The average Bonchev–Trinajstić information content (AvgIpc) is 3.15. The summed E-state index contributed by atoms with van der Waals surface area (Å²) >= 11 is 0. The van der Waals surface area contributed by atoms with Crippen molar-refractivity contribution < 1.29 is 4.39 Å². The minimum absolute atomic E-state index is 0.0598. The molecule has 17 heavy (non-hydrogen) atoms. The van der Waals surface area contributed by atoms with Crippen molar-refractivity contribution in [1.29, 1.82) is 0 Å². The first kappa shape index (κ1) is 12.5. The smallest absolute Gasteiger partial charge is 0.128 e. The van der Waals surface area contributed by atoms with Crippen LogP contribution in [0.25, 0.3) is 0 Å². The van der Waals surface area contributed by atoms with E-state index in [1.54, 1.807) is 12.1 Å². The van der Waals surface area contributed by atoms with Gasteiger partial charge in [-0.25, -0.2) is 4.39 Å². The molecule has 3 N–H and O–H groups in total. The third-order valence-electron chi connectivity index (χ3n) is 3.39. The molecule has 0 aliphatic heterocycles. The van der Waals surface area contributed by atoms with E-state index < -0.39 is 0 Å². The van der Waals surface area contributed by atoms with Crippen LogP contribution in [0.15, 0.2) is 24.3 Å². The van der Waals surface area contributed by atoms with Gasteiger partial charge in [0.1, 0.15) is 5.82 Å². The normalized spacial score (nSPS) is 17.1. The van der Waals surface area contributed by atoms with Crippen molar-refractivity contribution >= 4 is 0 Å². The molecule has 1 unspecified atom stereocenters. The van der Waals surface area contributed by atoms with E-state index in [1.165, 1.54) is 25.3 Å². The molecule has 0 spiro atoms. The summed E-state index contributed by atoms with van der Waals surface area (Å²) in [6, 6.07) is 6.80. The van der Waals surface area contributed by atoms with E-state index in [0.29, 0.717) is 12.1 Å². The fraction of sp³-hybridized carbons (Fsp3) is 0.571. The summed E-state index contributed by atoms with van der Waals surface area (Å²) in [5, 5.41) is 3.34. The standard InChI is InChI=1S/C14H21FN2/c15-13-6-2-1-5-12(13)14(10-16)17-9-3-4-11-7-8-11/h1-2,5-6,11,14,17H,3-4,7-10,16H2. The van der Waals surface area contributed by atoms with Gasteiger partial charge in [0, 0.05) is 18.2 Å². The van der Waals surface area contributed by atoms with Crippen LogP contribution in [0.4, 0.5) is 4.39 Å². The molecule has 3 heteroatoms. The van der Waals surface area contributed by atoms with Gasteiger partial charge in [-0.15, -0.1) is 0 Å². The number of nitrogens with one attached hydrogen (secondary N) is 1. The minimum Gasteiger partial charge on any atom is -0.329 e. The molecule has 94 valence electrons. The molecule has 1 aromatic rings. The topological polar surface area (TPSA) is 38.0 Å². The maximum atomic E-state index is 13.6. The van der Waals surface area contributed by atoms with Crippen LogP contribution < -0.4 is 11.1 Å². The Kier molecular flexibility index (Phi) is 4.51. The molecule has 0 heterocycles. The molecular formula is C14H21FN2. The number of halogens is 1. The Labute approximate surface area is 102 Å². The van der Waals surface area contributed by atoms with Crippen LogP contribution in [0.5, 0.6) is 0 Å². The van der Waals surface area contributed by atoms with Crippen molar-refractivity contribution in [2.75, 3.05) is 13.1 Å². The molecule has 0 aromatic heterocycles. The lowest BCUT2D eigenvalue weighted by atomic mass is 10.1. The first-order chi connectivity index (χ1) is 8.31. The molecule has 2 rings (SSSR count). The van der Waals surface area contributed by atoms with Crippen molar-refractivity contribution in [2.24, 2.45) is 11.7 Å². The molecule has 1 aliphatic rings. The quantitative estimate of drug-likeness (QED) is 0.714. The summed E-state index contributed by atoms with van der Waals surface area (Å²) in [5.74, 6) is 0.791. The Hall–Kier alpha value is -0.930. The van der Waals surface area contributed by atoms with Crippen LogP contribution >= 0.6 is 0 Å². The molecule has 1 saturated carbocycles. The molecule has 0 bridgehead atoms. The number of benzene rings is 1. The third kappa shape index (κ3) is 3.79. The van der Waals surface area contributed by atoms with E-state index in [-0.39, 0.29) is 11.9 Å². The number of hydrogen-bond donors (Lipinski definition) is 2. The maximum absolute atomic E-state index is 13.6. The highest BCUT2D eigenvalue weighted by atomic mass is 19.1. The lowest BCUT2D eigenvalue weighted by molar-refractivity contribution is 0.488. The molecule has 0 radical (unpaired) electrons. The lowest BCUT2D eigenvalue weighted by Crippen LogP contribution is -2.29. The van der Waals surface area contributed by atoms with Gasteiger partial charge in [0.15, 0.2) is 0 Å². The van der Waals surface area contributed by atoms with Crippen LogP contribution in [0.1, 0.15) is 37.3 Å². The fourth-order valence-electron chi connectivity index (χ4n) is 2.15. The third-order valence-corrected chi connectivity index (χ3v) is 3.39. The lowest BCUT2D eigenvalue weighted by Gasteiger charge is -2.17. The van der Waals surface area contributed by atoms with Gasteiger partial charge in [-0.2, -0.15) is 0 Å². The fourth-order valence-corrected chi connectivity index (χ4v) is 2.15. The van der Waals surface area contributed by atoms with Crippen LogP contribution in [0.2, 0.25) is 0 Å². The molecule has 1 fully saturated rings. The van der Waals surface area contributed by atoms with Gasteiger partial charge >= 0.3 is 0 Å². The van der Waals surface area contributed by atoms with Crippen molar-refractivity contribution in [3.63, 3.8) is 0 Å². The summed E-state index contributed by atoms with van der Waals surface area (Å²) in [7, 11) is 0. The second-order valence-electron chi connectivity index (χ2n) is 4.85. The Morgan fingerprint density at radius 3 is 2.76 bits per heavy atom. The molecule has 0 amide bonds. The van der Waals surface area contributed by atoms with Gasteiger partial charge in [-0.1, -0.05) is 31.0 Å². The monoisotopic (exact) mass is 236 g/mol. The average molecular weight is 236 g/mol. The van der Waals surface area contributed by atoms with Crippen LogP contribution in [0, 0.1) is 11.7 Å². The Morgan fingerprint density at radius 2 is 2.12 bits per heavy atom. The number of hydrogen-bond acceptors (Lipinski definition) is 2. The number of nitrogens with two attached hydrogens (primary N) is 1. The molecular weight excluding hydrogens is 215 g/mol. The first-order valence-electron chi connectivity index (χ1n) is 6.49. The Morgan fingerprint density at radius 1 is 1.35 bits per heavy atom. The molecule has 2 nitrogen and oxygen atoms in total. The Balaban J connectivity index is 1.80. The maximum Gasteiger partial charge on any atom is 0.128 e. The van der Waals surface area contributed by atoms with E-state index in [4.69, 9.17) is 5.73 Å². The summed E-state index contributed by atoms with van der Waals surface area (Å²) in [6.07, 6.45) is 5.25. The summed E-state index contributed by atoms with van der Waals surface area (Å²) in [5.41, 5.74) is 6.38. The zero-order valence-electron chi connectivity index (χ0n) is 10.2. The zero-order chi connectivity index (χ0) is 12.1. The van der Waals surface area contributed by atoms with Gasteiger partial charge in [0.2, 0.25) is 0 Å². The highest BCUT2D eigenvalue weighted by molar-refractivity contribution is 5.21. The van der Waals surface area contributed by atoms with Crippen molar-refractivity contribution in [3.05, 3.63) is 35.6 Å². The van der Waals surface area contributed by atoms with Crippen LogP contribution in [-0.2, 0) is 0 Å². The second kappa shape index (κ2) is 6.12. The number of rotatable bonds is 7. The van der Waals surface area contributed by atoms with Crippen LogP contribution in [0.3, 0.4) is 0 Å². The van der Waals surface area contributed by atoms with Gasteiger partial charge < -0.3 is 11.1 Å². The van der Waals surface area contributed by atoms with Gasteiger partial charge in [0.05, 0.1) is 0 Å². The highest BCUT2D eigenvalue weighted by Crippen LogP contribution is 2.33. The van der Waals surface area contributed by atoms with Crippen molar-refractivity contribution in [3.8, 4) is 0 Å². The zero-order valence-corrected chi connectivity index (χ0v) is 10.2. The van der Waals surface area contributed by atoms with E-state index in [9.17, 15) is 4.39 Å². The first-order valence-corrected chi connectivity index (χ1v) is 6.49.